The van der Waals surface area contributed by atoms with Crippen LogP contribution >= 0.6 is 0 Å². The minimum Gasteiger partial charge on any atom is -0.437 e. The highest BCUT2D eigenvalue weighted by Gasteiger charge is 2.07. The van der Waals surface area contributed by atoms with E-state index < -0.39 is 0 Å². The molecule has 2 aromatic rings. The second-order valence-corrected chi connectivity index (χ2v) is 2.17. The van der Waals surface area contributed by atoms with Crippen molar-refractivity contribution in [3.63, 3.8) is 0 Å². The molecule has 1 N–H and O–H groups in total. The van der Waals surface area contributed by atoms with E-state index in [1.807, 2.05) is 0 Å². The molecule has 0 unspecified atom stereocenters. The number of aromatic nitrogens is 2. The molecule has 0 saturated heterocycles. The highest BCUT2D eigenvalue weighted by molar-refractivity contribution is 5.44. The van der Waals surface area contributed by atoms with Crippen LogP contribution in [0.3, 0.4) is 0 Å². The van der Waals surface area contributed by atoms with Gasteiger partial charge in [0.2, 0.25) is 5.89 Å². The normalized spacial score (nSPS) is 10.4. The highest BCUT2D eigenvalue weighted by atomic mass is 16.5. The zero-order chi connectivity index (χ0) is 8.39. The standard InChI is InChI=1S/C7H6N2O3/c10-4-5-3-8-7(12-5)6-1-2-11-9-6/h1-3,10H,4H2. The van der Waals surface area contributed by atoms with Gasteiger partial charge in [0.15, 0.2) is 5.69 Å². The van der Waals surface area contributed by atoms with Crippen molar-refractivity contribution in [2.45, 2.75) is 6.61 Å². The van der Waals surface area contributed by atoms with Gasteiger partial charge >= 0.3 is 0 Å². The molecular weight excluding hydrogens is 160 g/mol. The van der Waals surface area contributed by atoms with Crippen molar-refractivity contribution in [3.8, 4) is 11.6 Å². The Morgan fingerprint density at radius 3 is 3.00 bits per heavy atom. The van der Waals surface area contributed by atoms with Crippen molar-refractivity contribution >= 4 is 0 Å². The fourth-order valence-electron chi connectivity index (χ4n) is 0.822. The molecule has 2 aromatic heterocycles. The number of aliphatic hydroxyl groups is 1. The van der Waals surface area contributed by atoms with E-state index in [2.05, 4.69) is 14.7 Å². The summed E-state index contributed by atoms with van der Waals surface area (Å²) in [7, 11) is 0. The van der Waals surface area contributed by atoms with Gasteiger partial charge in [-0.25, -0.2) is 4.98 Å². The number of hydrogen-bond donors (Lipinski definition) is 1. The van der Waals surface area contributed by atoms with Crippen LogP contribution in [0.15, 0.2) is 27.5 Å². The lowest BCUT2D eigenvalue weighted by Gasteiger charge is -1.84. The molecule has 2 heterocycles. The summed E-state index contributed by atoms with van der Waals surface area (Å²) in [5, 5.41) is 12.3. The first-order chi connectivity index (χ1) is 5.90. The molecular formula is C7H6N2O3. The van der Waals surface area contributed by atoms with E-state index in [9.17, 15) is 0 Å². The Morgan fingerprint density at radius 2 is 2.42 bits per heavy atom. The number of nitrogens with zero attached hydrogens (tertiary/aromatic N) is 2. The lowest BCUT2D eigenvalue weighted by molar-refractivity contribution is 0.248. The molecule has 0 amide bonds. The molecule has 0 aliphatic rings. The van der Waals surface area contributed by atoms with E-state index in [0.29, 0.717) is 17.3 Å². The first-order valence-corrected chi connectivity index (χ1v) is 3.36. The maximum absolute atomic E-state index is 8.67. The predicted molar refractivity (Wildman–Crippen MR) is 37.9 cm³/mol. The van der Waals surface area contributed by atoms with Gasteiger partial charge in [0, 0.05) is 6.07 Å². The van der Waals surface area contributed by atoms with E-state index in [1.54, 1.807) is 6.07 Å². The molecule has 5 heteroatoms. The fourth-order valence-corrected chi connectivity index (χ4v) is 0.822. The van der Waals surface area contributed by atoms with Gasteiger partial charge in [0.1, 0.15) is 18.6 Å². The summed E-state index contributed by atoms with van der Waals surface area (Å²) in [5.41, 5.74) is 0.523. The molecule has 62 valence electrons. The van der Waals surface area contributed by atoms with Gasteiger partial charge in [0.05, 0.1) is 6.20 Å². The smallest absolute Gasteiger partial charge is 0.248 e. The molecule has 0 saturated carbocycles. The molecule has 0 aliphatic heterocycles. The van der Waals surface area contributed by atoms with E-state index >= 15 is 0 Å². The molecule has 0 radical (unpaired) electrons. The Morgan fingerprint density at radius 1 is 1.50 bits per heavy atom. The minimum absolute atomic E-state index is 0.162. The number of hydrogen-bond acceptors (Lipinski definition) is 5. The Balaban J connectivity index is 2.35. The van der Waals surface area contributed by atoms with Crippen LogP contribution in [0.4, 0.5) is 0 Å². The quantitative estimate of drug-likeness (QED) is 0.715. The summed E-state index contributed by atoms with van der Waals surface area (Å²) in [6.07, 6.45) is 2.88. The molecule has 0 aliphatic carbocycles. The Kier molecular flexibility index (Phi) is 1.64. The fraction of sp³-hybridized carbons (Fsp3) is 0.143. The third kappa shape index (κ3) is 1.10. The van der Waals surface area contributed by atoms with Crippen molar-refractivity contribution in [1.29, 1.82) is 0 Å². The molecule has 0 atom stereocenters. The summed E-state index contributed by atoms with van der Waals surface area (Å²) in [6, 6.07) is 1.63. The predicted octanol–water partition coefficient (Wildman–Crippen LogP) is 0.822. The lowest BCUT2D eigenvalue weighted by atomic mass is 10.4. The van der Waals surface area contributed by atoms with Crippen molar-refractivity contribution < 1.29 is 14.0 Å². The number of oxazole rings is 1. The Hall–Kier alpha value is -1.62. The van der Waals surface area contributed by atoms with Crippen LogP contribution in [0.25, 0.3) is 11.6 Å². The lowest BCUT2D eigenvalue weighted by Crippen LogP contribution is -1.75. The van der Waals surface area contributed by atoms with Crippen LogP contribution in [-0.4, -0.2) is 15.2 Å². The zero-order valence-electron chi connectivity index (χ0n) is 6.10. The second kappa shape index (κ2) is 2.78. The highest BCUT2D eigenvalue weighted by Crippen LogP contribution is 2.16. The summed E-state index contributed by atoms with van der Waals surface area (Å²) >= 11 is 0. The summed E-state index contributed by atoms with van der Waals surface area (Å²) in [5.74, 6) is 0.765. The van der Waals surface area contributed by atoms with Crippen molar-refractivity contribution in [2.75, 3.05) is 0 Å². The largest absolute Gasteiger partial charge is 0.437 e. The maximum Gasteiger partial charge on any atom is 0.248 e. The first kappa shape index (κ1) is 7.05. The van der Waals surface area contributed by atoms with Gasteiger partial charge in [-0.05, 0) is 0 Å². The monoisotopic (exact) mass is 166 g/mol. The van der Waals surface area contributed by atoms with Crippen molar-refractivity contribution in [2.24, 2.45) is 0 Å². The molecule has 2 rings (SSSR count). The van der Waals surface area contributed by atoms with E-state index in [0.717, 1.165) is 0 Å². The Labute approximate surface area is 67.6 Å². The maximum atomic E-state index is 8.67. The molecule has 12 heavy (non-hydrogen) atoms. The first-order valence-electron chi connectivity index (χ1n) is 3.36. The summed E-state index contributed by atoms with van der Waals surface area (Å²) < 4.78 is 9.69. The topological polar surface area (TPSA) is 72.3 Å². The average Bonchev–Trinajstić information content (AvgIpc) is 2.75. The molecule has 0 fully saturated rings. The summed E-state index contributed by atoms with van der Waals surface area (Å²) in [4.78, 5) is 3.88. The van der Waals surface area contributed by atoms with Crippen molar-refractivity contribution in [1.82, 2.24) is 10.1 Å². The van der Waals surface area contributed by atoms with Gasteiger partial charge in [0.25, 0.3) is 0 Å². The van der Waals surface area contributed by atoms with Crippen LogP contribution < -0.4 is 0 Å². The van der Waals surface area contributed by atoms with Crippen LogP contribution in [0.2, 0.25) is 0 Å². The van der Waals surface area contributed by atoms with Gasteiger partial charge in [-0.15, -0.1) is 0 Å². The Bertz CT molecular complexity index is 352. The summed E-state index contributed by atoms with van der Waals surface area (Å²) in [6.45, 7) is -0.162. The molecule has 0 spiro atoms. The van der Waals surface area contributed by atoms with Gasteiger partial charge in [-0.2, -0.15) is 0 Å². The number of rotatable bonds is 2. The van der Waals surface area contributed by atoms with Crippen LogP contribution in [0, 0.1) is 0 Å². The molecule has 5 nitrogen and oxygen atoms in total. The van der Waals surface area contributed by atoms with Gasteiger partial charge in [-0.1, -0.05) is 5.16 Å². The van der Waals surface area contributed by atoms with Crippen LogP contribution in [0.5, 0.6) is 0 Å². The van der Waals surface area contributed by atoms with Gasteiger partial charge < -0.3 is 14.0 Å². The van der Waals surface area contributed by atoms with Crippen LogP contribution in [0.1, 0.15) is 5.76 Å². The minimum atomic E-state index is -0.162. The van der Waals surface area contributed by atoms with Crippen LogP contribution in [-0.2, 0) is 6.61 Å². The SMILES string of the molecule is OCc1cnc(-c2ccon2)o1. The molecule has 0 aromatic carbocycles. The van der Waals surface area contributed by atoms with Gasteiger partial charge in [-0.3, -0.25) is 0 Å². The third-order valence-electron chi connectivity index (χ3n) is 1.37. The average molecular weight is 166 g/mol. The van der Waals surface area contributed by atoms with E-state index in [1.165, 1.54) is 12.5 Å². The number of aliphatic hydroxyl groups excluding tert-OH is 1. The van der Waals surface area contributed by atoms with Crippen molar-refractivity contribution in [3.05, 3.63) is 24.3 Å². The second-order valence-electron chi connectivity index (χ2n) is 2.17. The molecule has 0 bridgehead atoms. The third-order valence-corrected chi connectivity index (χ3v) is 1.37. The van der Waals surface area contributed by atoms with E-state index in [-0.39, 0.29) is 6.61 Å². The van der Waals surface area contributed by atoms with E-state index in [4.69, 9.17) is 9.52 Å². The zero-order valence-corrected chi connectivity index (χ0v) is 6.10.